The van der Waals surface area contributed by atoms with Gasteiger partial charge in [0.2, 0.25) is 0 Å². The van der Waals surface area contributed by atoms with Gasteiger partial charge in [-0.25, -0.2) is 8.42 Å². The molecule has 6 nitrogen and oxygen atoms in total. The second-order valence-corrected chi connectivity index (χ2v) is 7.53. The standard InChI is InChI=1S/C17H20N2O4S/c1-3-4-14(19-17(21)12-7-9-18-10-8-12)13-5-6-15(20)16(11-13)24(2,22)23/h5-11,14,20H,3-4H2,1-2H3,(H,19,21)/t14-/m0/s1. The van der Waals surface area contributed by atoms with E-state index in [1.54, 1.807) is 18.2 Å². The number of aromatic hydroxyl groups is 1. The maximum absolute atomic E-state index is 12.3. The van der Waals surface area contributed by atoms with E-state index in [2.05, 4.69) is 10.3 Å². The molecule has 0 saturated heterocycles. The highest BCUT2D eigenvalue weighted by Crippen LogP contribution is 2.28. The lowest BCUT2D eigenvalue weighted by Gasteiger charge is -2.19. The van der Waals surface area contributed by atoms with Crippen molar-refractivity contribution < 1.29 is 18.3 Å². The number of nitrogens with one attached hydrogen (secondary N) is 1. The summed E-state index contributed by atoms with van der Waals surface area (Å²) in [5, 5.41) is 12.7. The van der Waals surface area contributed by atoms with Crippen LogP contribution >= 0.6 is 0 Å². The van der Waals surface area contributed by atoms with Gasteiger partial charge >= 0.3 is 0 Å². The number of nitrogens with zero attached hydrogens (tertiary/aromatic N) is 1. The van der Waals surface area contributed by atoms with Crippen LogP contribution in [0.15, 0.2) is 47.6 Å². The Hall–Kier alpha value is -2.41. The zero-order valence-corrected chi connectivity index (χ0v) is 14.4. The van der Waals surface area contributed by atoms with E-state index in [-0.39, 0.29) is 22.6 Å². The summed E-state index contributed by atoms with van der Waals surface area (Å²) in [6, 6.07) is 7.24. The monoisotopic (exact) mass is 348 g/mol. The zero-order valence-electron chi connectivity index (χ0n) is 13.6. The molecule has 0 spiro atoms. The number of hydrogen-bond acceptors (Lipinski definition) is 5. The summed E-state index contributed by atoms with van der Waals surface area (Å²) in [4.78, 5) is 16.1. The van der Waals surface area contributed by atoms with Gasteiger partial charge in [0.15, 0.2) is 9.84 Å². The molecule has 0 aliphatic rings. The fourth-order valence-corrected chi connectivity index (χ4v) is 3.20. The maximum atomic E-state index is 12.3. The van der Waals surface area contributed by atoms with Gasteiger partial charge in [-0.3, -0.25) is 9.78 Å². The van der Waals surface area contributed by atoms with Gasteiger partial charge < -0.3 is 10.4 Å². The van der Waals surface area contributed by atoms with E-state index in [1.165, 1.54) is 24.5 Å². The topological polar surface area (TPSA) is 96.4 Å². The summed E-state index contributed by atoms with van der Waals surface area (Å²) in [7, 11) is -3.56. The van der Waals surface area contributed by atoms with Crippen molar-refractivity contribution in [2.24, 2.45) is 0 Å². The quantitative estimate of drug-likeness (QED) is 0.836. The van der Waals surface area contributed by atoms with E-state index < -0.39 is 9.84 Å². The number of hydrogen-bond donors (Lipinski definition) is 2. The van der Waals surface area contributed by atoms with Gasteiger partial charge in [0.25, 0.3) is 5.91 Å². The molecule has 0 fully saturated rings. The van der Waals surface area contributed by atoms with Crippen molar-refractivity contribution in [3.05, 3.63) is 53.9 Å². The fourth-order valence-electron chi connectivity index (χ4n) is 2.40. The molecule has 1 aromatic heterocycles. The number of rotatable bonds is 6. The molecule has 128 valence electrons. The predicted octanol–water partition coefficient (Wildman–Crippen LogP) is 2.46. The molecule has 2 rings (SSSR count). The van der Waals surface area contributed by atoms with E-state index in [9.17, 15) is 18.3 Å². The van der Waals surface area contributed by atoms with Crippen LogP contribution in [0.4, 0.5) is 0 Å². The summed E-state index contributed by atoms with van der Waals surface area (Å²) in [5.41, 5.74) is 1.12. The van der Waals surface area contributed by atoms with Crippen LogP contribution in [0, 0.1) is 0 Å². The van der Waals surface area contributed by atoms with Crippen LogP contribution in [-0.2, 0) is 9.84 Å². The number of carbonyl (C=O) groups is 1. The number of phenols is 1. The minimum absolute atomic E-state index is 0.140. The van der Waals surface area contributed by atoms with Crippen LogP contribution < -0.4 is 5.32 Å². The highest BCUT2D eigenvalue weighted by atomic mass is 32.2. The Morgan fingerprint density at radius 1 is 1.25 bits per heavy atom. The second kappa shape index (κ2) is 7.44. The number of aromatic nitrogens is 1. The maximum Gasteiger partial charge on any atom is 0.251 e. The molecule has 0 bridgehead atoms. The van der Waals surface area contributed by atoms with Crippen LogP contribution in [0.3, 0.4) is 0 Å². The predicted molar refractivity (Wildman–Crippen MR) is 90.6 cm³/mol. The number of carbonyl (C=O) groups excluding carboxylic acids is 1. The largest absolute Gasteiger partial charge is 0.507 e. The molecule has 1 aromatic carbocycles. The third-order valence-corrected chi connectivity index (χ3v) is 4.74. The van der Waals surface area contributed by atoms with E-state index >= 15 is 0 Å². The fraction of sp³-hybridized carbons (Fsp3) is 0.294. The molecule has 2 aromatic rings. The molecule has 0 aliphatic heterocycles. The van der Waals surface area contributed by atoms with Crippen LogP contribution in [0.1, 0.15) is 41.7 Å². The van der Waals surface area contributed by atoms with Crippen molar-refractivity contribution in [3.8, 4) is 5.75 Å². The summed E-state index contributed by atoms with van der Waals surface area (Å²) in [5.74, 6) is -0.554. The number of phenolic OH excluding ortho intramolecular Hbond substituents is 1. The van der Waals surface area contributed by atoms with Gasteiger partial charge in [-0.15, -0.1) is 0 Å². The minimum atomic E-state index is -3.56. The van der Waals surface area contributed by atoms with Gasteiger partial charge in [0.05, 0.1) is 6.04 Å². The highest BCUT2D eigenvalue weighted by molar-refractivity contribution is 7.90. The lowest BCUT2D eigenvalue weighted by atomic mass is 10.0. The number of sulfone groups is 1. The van der Waals surface area contributed by atoms with Crippen molar-refractivity contribution in [1.82, 2.24) is 10.3 Å². The van der Waals surface area contributed by atoms with Gasteiger partial charge in [0, 0.05) is 24.2 Å². The second-order valence-electron chi connectivity index (χ2n) is 5.55. The first-order chi connectivity index (χ1) is 11.3. The normalized spacial score (nSPS) is 12.6. The average molecular weight is 348 g/mol. The lowest BCUT2D eigenvalue weighted by molar-refractivity contribution is 0.0934. The smallest absolute Gasteiger partial charge is 0.251 e. The molecule has 0 saturated carbocycles. The highest BCUT2D eigenvalue weighted by Gasteiger charge is 2.19. The molecular formula is C17H20N2O4S. The Morgan fingerprint density at radius 3 is 2.50 bits per heavy atom. The number of pyridine rings is 1. The van der Waals surface area contributed by atoms with Crippen LogP contribution in [0.25, 0.3) is 0 Å². The third kappa shape index (κ3) is 4.32. The Bertz CT molecular complexity index is 820. The van der Waals surface area contributed by atoms with E-state index in [4.69, 9.17) is 0 Å². The number of benzene rings is 1. The molecule has 1 atom stereocenters. The Kier molecular flexibility index (Phi) is 5.56. The summed E-state index contributed by atoms with van der Waals surface area (Å²) < 4.78 is 23.6. The van der Waals surface area contributed by atoms with Gasteiger partial charge in [-0.2, -0.15) is 0 Å². The van der Waals surface area contributed by atoms with Crippen LogP contribution in [-0.4, -0.2) is 30.7 Å². The minimum Gasteiger partial charge on any atom is -0.507 e. The van der Waals surface area contributed by atoms with E-state index in [1.807, 2.05) is 6.92 Å². The summed E-state index contributed by atoms with van der Waals surface area (Å²) >= 11 is 0. The summed E-state index contributed by atoms with van der Waals surface area (Å²) in [6.07, 6.45) is 5.55. The van der Waals surface area contributed by atoms with Gasteiger partial charge in [0.1, 0.15) is 10.6 Å². The molecule has 2 N–H and O–H groups in total. The van der Waals surface area contributed by atoms with Crippen molar-refractivity contribution in [1.29, 1.82) is 0 Å². The Balaban J connectivity index is 2.33. The van der Waals surface area contributed by atoms with Crippen molar-refractivity contribution in [3.63, 3.8) is 0 Å². The van der Waals surface area contributed by atoms with Crippen molar-refractivity contribution in [2.75, 3.05) is 6.26 Å². The first-order valence-electron chi connectivity index (χ1n) is 7.56. The summed E-state index contributed by atoms with van der Waals surface area (Å²) in [6.45, 7) is 1.98. The number of amides is 1. The molecule has 7 heteroatoms. The van der Waals surface area contributed by atoms with Gasteiger partial charge in [-0.1, -0.05) is 19.4 Å². The third-order valence-electron chi connectivity index (χ3n) is 3.61. The molecule has 0 unspecified atom stereocenters. The first kappa shape index (κ1) is 17.9. The van der Waals surface area contributed by atoms with Gasteiger partial charge in [-0.05, 0) is 36.2 Å². The molecule has 0 aliphatic carbocycles. The first-order valence-corrected chi connectivity index (χ1v) is 9.46. The van der Waals surface area contributed by atoms with Crippen molar-refractivity contribution >= 4 is 15.7 Å². The van der Waals surface area contributed by atoms with Crippen LogP contribution in [0.2, 0.25) is 0 Å². The zero-order chi connectivity index (χ0) is 17.7. The van der Waals surface area contributed by atoms with E-state index in [0.717, 1.165) is 12.7 Å². The van der Waals surface area contributed by atoms with Crippen LogP contribution in [0.5, 0.6) is 5.75 Å². The SMILES string of the molecule is CCC[C@H](NC(=O)c1ccncc1)c1ccc(O)c(S(C)(=O)=O)c1. The molecule has 0 radical (unpaired) electrons. The molecule has 24 heavy (non-hydrogen) atoms. The molecule has 1 heterocycles. The molecular weight excluding hydrogens is 328 g/mol. The van der Waals surface area contributed by atoms with Crippen molar-refractivity contribution in [2.45, 2.75) is 30.7 Å². The lowest BCUT2D eigenvalue weighted by Crippen LogP contribution is -2.28. The Labute approximate surface area is 141 Å². The average Bonchev–Trinajstić information content (AvgIpc) is 2.54. The Morgan fingerprint density at radius 2 is 1.92 bits per heavy atom. The van der Waals surface area contributed by atoms with E-state index in [0.29, 0.717) is 17.5 Å². The molecule has 1 amide bonds.